The SMILES string of the molecule is COc1c(F)c(B2OC(C)(C)C(C)(C)O2)cc(C)c1Br. The molecule has 0 saturated carbocycles. The van der Waals surface area contributed by atoms with E-state index < -0.39 is 24.1 Å². The molecule has 20 heavy (non-hydrogen) atoms. The van der Waals surface area contributed by atoms with Gasteiger partial charge in [-0.3, -0.25) is 0 Å². The fraction of sp³-hybridized carbons (Fsp3) is 0.571. The third-order valence-electron chi connectivity index (χ3n) is 4.08. The Morgan fingerprint density at radius 2 is 1.70 bits per heavy atom. The predicted octanol–water partition coefficient (Wildman–Crippen LogP) is 3.20. The summed E-state index contributed by atoms with van der Waals surface area (Å²) in [6.07, 6.45) is 0. The van der Waals surface area contributed by atoms with E-state index in [1.54, 1.807) is 6.07 Å². The number of benzene rings is 1. The Morgan fingerprint density at radius 3 is 2.15 bits per heavy atom. The zero-order valence-electron chi connectivity index (χ0n) is 12.6. The molecule has 0 amide bonds. The molecule has 110 valence electrons. The van der Waals surface area contributed by atoms with E-state index in [-0.39, 0.29) is 5.75 Å². The quantitative estimate of drug-likeness (QED) is 0.771. The molecule has 6 heteroatoms. The van der Waals surface area contributed by atoms with Crippen LogP contribution in [-0.4, -0.2) is 25.4 Å². The molecule has 1 aliphatic heterocycles. The summed E-state index contributed by atoms with van der Waals surface area (Å²) in [6, 6.07) is 1.73. The second-order valence-corrected chi connectivity index (χ2v) is 6.83. The third-order valence-corrected chi connectivity index (χ3v) is 5.07. The summed E-state index contributed by atoms with van der Waals surface area (Å²) < 4.78 is 32.1. The molecular weight excluding hydrogens is 326 g/mol. The van der Waals surface area contributed by atoms with Crippen LogP contribution in [0, 0.1) is 12.7 Å². The van der Waals surface area contributed by atoms with Crippen LogP contribution in [0.5, 0.6) is 5.75 Å². The van der Waals surface area contributed by atoms with Gasteiger partial charge in [0.15, 0.2) is 11.6 Å². The van der Waals surface area contributed by atoms with Crippen LogP contribution in [0.2, 0.25) is 0 Å². The summed E-state index contributed by atoms with van der Waals surface area (Å²) in [5.74, 6) is -0.279. The summed E-state index contributed by atoms with van der Waals surface area (Å²) in [7, 11) is 0.706. The number of methoxy groups -OCH3 is 1. The number of ether oxygens (including phenoxy) is 1. The minimum Gasteiger partial charge on any atom is -0.492 e. The molecule has 3 nitrogen and oxygen atoms in total. The highest BCUT2D eigenvalue weighted by Gasteiger charge is 2.52. The van der Waals surface area contributed by atoms with E-state index in [2.05, 4.69) is 15.9 Å². The van der Waals surface area contributed by atoms with Crippen molar-refractivity contribution in [1.82, 2.24) is 0 Å². The normalized spacial score (nSPS) is 20.3. The van der Waals surface area contributed by atoms with Gasteiger partial charge in [-0.25, -0.2) is 4.39 Å². The van der Waals surface area contributed by atoms with Crippen LogP contribution in [0.25, 0.3) is 0 Å². The fourth-order valence-electron chi connectivity index (χ4n) is 2.09. The minimum absolute atomic E-state index is 0.176. The Kier molecular flexibility index (Phi) is 3.95. The Labute approximate surface area is 128 Å². The largest absolute Gasteiger partial charge is 0.498 e. The molecule has 1 saturated heterocycles. The van der Waals surface area contributed by atoms with E-state index in [0.717, 1.165) is 5.56 Å². The molecule has 1 aromatic rings. The Morgan fingerprint density at radius 1 is 1.20 bits per heavy atom. The van der Waals surface area contributed by atoms with Crippen molar-refractivity contribution in [2.75, 3.05) is 7.11 Å². The maximum absolute atomic E-state index is 14.6. The highest BCUT2D eigenvalue weighted by molar-refractivity contribution is 9.10. The molecule has 0 spiro atoms. The summed E-state index contributed by atoms with van der Waals surface area (Å²) >= 11 is 3.33. The van der Waals surface area contributed by atoms with Crippen molar-refractivity contribution in [3.8, 4) is 5.75 Å². The van der Waals surface area contributed by atoms with Crippen LogP contribution in [-0.2, 0) is 9.31 Å². The lowest BCUT2D eigenvalue weighted by atomic mass is 9.77. The van der Waals surface area contributed by atoms with Gasteiger partial charge < -0.3 is 14.0 Å². The van der Waals surface area contributed by atoms with Crippen LogP contribution in [0.15, 0.2) is 10.5 Å². The summed E-state index contributed by atoms with van der Waals surface area (Å²) in [5.41, 5.74) is 0.227. The lowest BCUT2D eigenvalue weighted by molar-refractivity contribution is 0.00578. The first-order valence-electron chi connectivity index (χ1n) is 6.49. The van der Waals surface area contributed by atoms with Gasteiger partial charge in [-0.2, -0.15) is 0 Å². The van der Waals surface area contributed by atoms with Gasteiger partial charge >= 0.3 is 7.12 Å². The molecule has 0 bridgehead atoms. The van der Waals surface area contributed by atoms with Gasteiger partial charge in [-0.1, -0.05) is 6.07 Å². The van der Waals surface area contributed by atoms with E-state index in [9.17, 15) is 4.39 Å². The molecule has 0 unspecified atom stereocenters. The first-order valence-corrected chi connectivity index (χ1v) is 7.28. The van der Waals surface area contributed by atoms with Gasteiger partial charge in [0.2, 0.25) is 0 Å². The summed E-state index contributed by atoms with van der Waals surface area (Å²) in [5, 5.41) is 0. The number of aryl methyl sites for hydroxylation is 1. The van der Waals surface area contributed by atoms with E-state index in [0.29, 0.717) is 9.94 Å². The Hall–Kier alpha value is -0.585. The van der Waals surface area contributed by atoms with E-state index in [1.807, 2.05) is 34.6 Å². The van der Waals surface area contributed by atoms with Crippen LogP contribution in [0.1, 0.15) is 33.3 Å². The zero-order valence-corrected chi connectivity index (χ0v) is 14.2. The molecule has 0 atom stereocenters. The Balaban J connectivity index is 2.48. The van der Waals surface area contributed by atoms with Crippen LogP contribution in [0.3, 0.4) is 0 Å². The van der Waals surface area contributed by atoms with Crippen molar-refractivity contribution in [2.45, 2.75) is 45.8 Å². The van der Waals surface area contributed by atoms with E-state index >= 15 is 0 Å². The average molecular weight is 345 g/mol. The van der Waals surface area contributed by atoms with Crippen molar-refractivity contribution in [3.05, 3.63) is 21.9 Å². The van der Waals surface area contributed by atoms with Gasteiger partial charge in [0.1, 0.15) is 0 Å². The highest BCUT2D eigenvalue weighted by atomic mass is 79.9. The predicted molar refractivity (Wildman–Crippen MR) is 81.1 cm³/mol. The molecule has 1 fully saturated rings. The van der Waals surface area contributed by atoms with Gasteiger partial charge in [-0.15, -0.1) is 0 Å². The van der Waals surface area contributed by atoms with Crippen molar-refractivity contribution in [3.63, 3.8) is 0 Å². The van der Waals surface area contributed by atoms with Gasteiger partial charge in [0, 0.05) is 5.46 Å². The minimum atomic E-state index is -0.735. The number of hydrogen-bond donors (Lipinski definition) is 0. The average Bonchev–Trinajstić information content (AvgIpc) is 2.54. The van der Waals surface area contributed by atoms with E-state index in [1.165, 1.54) is 7.11 Å². The van der Waals surface area contributed by atoms with Crippen LogP contribution >= 0.6 is 15.9 Å². The highest BCUT2D eigenvalue weighted by Crippen LogP contribution is 2.38. The summed E-state index contributed by atoms with van der Waals surface area (Å²) in [6.45, 7) is 9.63. The lowest BCUT2D eigenvalue weighted by Crippen LogP contribution is -2.41. The third kappa shape index (κ3) is 2.38. The maximum atomic E-state index is 14.6. The van der Waals surface area contributed by atoms with Gasteiger partial charge in [0.05, 0.1) is 22.8 Å². The van der Waals surface area contributed by atoms with Gasteiger partial charge in [0.25, 0.3) is 0 Å². The van der Waals surface area contributed by atoms with Crippen LogP contribution in [0.4, 0.5) is 4.39 Å². The molecule has 2 rings (SSSR count). The van der Waals surface area contributed by atoms with Crippen molar-refractivity contribution >= 4 is 28.5 Å². The van der Waals surface area contributed by atoms with Crippen LogP contribution < -0.4 is 10.2 Å². The number of halogens is 2. The first kappa shape index (κ1) is 15.8. The maximum Gasteiger partial charge on any atom is 0.498 e. The van der Waals surface area contributed by atoms with Gasteiger partial charge in [-0.05, 0) is 56.1 Å². The first-order chi connectivity index (χ1) is 9.10. The van der Waals surface area contributed by atoms with Crippen molar-refractivity contribution in [2.24, 2.45) is 0 Å². The molecule has 1 aromatic carbocycles. The summed E-state index contributed by atoms with van der Waals surface area (Å²) in [4.78, 5) is 0. The molecule has 0 N–H and O–H groups in total. The molecular formula is C14H19BBrFO3. The number of rotatable bonds is 2. The smallest absolute Gasteiger partial charge is 0.492 e. The topological polar surface area (TPSA) is 27.7 Å². The monoisotopic (exact) mass is 344 g/mol. The van der Waals surface area contributed by atoms with Crippen molar-refractivity contribution < 1.29 is 18.4 Å². The molecule has 0 radical (unpaired) electrons. The second-order valence-electron chi connectivity index (χ2n) is 6.03. The number of hydrogen-bond acceptors (Lipinski definition) is 3. The van der Waals surface area contributed by atoms with Crippen molar-refractivity contribution in [1.29, 1.82) is 0 Å². The standard InChI is InChI=1S/C14H19BBrFO3/c1-8-7-9(11(17)12(18-6)10(8)16)15-19-13(2,3)14(4,5)20-15/h7H,1-6H3. The Bertz CT molecular complexity index is 530. The molecule has 0 aromatic heterocycles. The molecule has 0 aliphatic carbocycles. The molecule has 1 aliphatic rings. The molecule has 1 heterocycles. The van der Waals surface area contributed by atoms with E-state index in [4.69, 9.17) is 14.0 Å². The zero-order chi connectivity index (χ0) is 15.3. The second kappa shape index (κ2) is 5.00. The fourth-order valence-corrected chi connectivity index (χ4v) is 2.54. The lowest BCUT2D eigenvalue weighted by Gasteiger charge is -2.32.